The van der Waals surface area contributed by atoms with Crippen LogP contribution < -0.4 is 5.32 Å². The maximum Gasteiger partial charge on any atom is 0.335 e. The summed E-state index contributed by atoms with van der Waals surface area (Å²) in [6.07, 6.45) is -2.06. The van der Waals surface area contributed by atoms with Gasteiger partial charge in [0, 0.05) is 5.92 Å². The summed E-state index contributed by atoms with van der Waals surface area (Å²) in [5, 5.41) is 11.9. The Balaban J connectivity index is 5.27. The van der Waals surface area contributed by atoms with E-state index >= 15 is 0 Å². The minimum absolute atomic E-state index is 0.0870. The maximum absolute atomic E-state index is 12.6. The van der Waals surface area contributed by atoms with E-state index < -0.39 is 48.3 Å². The molecule has 26 heavy (non-hydrogen) atoms. The molecule has 0 rings (SSSR count). The molecule has 0 aliphatic heterocycles. The van der Waals surface area contributed by atoms with Crippen LogP contribution in [0.3, 0.4) is 0 Å². The number of nitrogens with one attached hydrogen (secondary N) is 1. The van der Waals surface area contributed by atoms with Gasteiger partial charge in [-0.25, -0.2) is 4.79 Å². The van der Waals surface area contributed by atoms with E-state index in [0.29, 0.717) is 12.8 Å². The van der Waals surface area contributed by atoms with Gasteiger partial charge in [0.15, 0.2) is 11.9 Å². The summed E-state index contributed by atoms with van der Waals surface area (Å²) in [5.41, 5.74) is 0. The van der Waals surface area contributed by atoms with Gasteiger partial charge in [-0.15, -0.1) is 0 Å². The topological polar surface area (TPSA) is 119 Å². The molecule has 0 aromatic heterocycles. The first-order valence-electron chi connectivity index (χ1n) is 8.81. The molecule has 0 saturated heterocycles. The van der Waals surface area contributed by atoms with Gasteiger partial charge in [0.25, 0.3) is 5.91 Å². The molecule has 0 aliphatic rings. The van der Waals surface area contributed by atoms with Crippen LogP contribution in [0.15, 0.2) is 0 Å². The predicted octanol–water partition coefficient (Wildman–Crippen LogP) is 0.988. The highest BCUT2D eigenvalue weighted by Gasteiger charge is 2.33. The number of amides is 1. The third-order valence-corrected chi connectivity index (χ3v) is 3.96. The van der Waals surface area contributed by atoms with Gasteiger partial charge in [-0.1, -0.05) is 27.7 Å². The summed E-state index contributed by atoms with van der Waals surface area (Å²) < 4.78 is 9.60. The van der Waals surface area contributed by atoms with Gasteiger partial charge in [-0.3, -0.25) is 14.4 Å². The Morgan fingerprint density at radius 1 is 1.08 bits per heavy atom. The first-order chi connectivity index (χ1) is 12.0. The second-order valence-electron chi connectivity index (χ2n) is 6.83. The van der Waals surface area contributed by atoms with Gasteiger partial charge in [-0.05, 0) is 25.7 Å². The molecule has 0 aromatic rings. The highest BCUT2D eigenvalue weighted by Crippen LogP contribution is 2.15. The lowest BCUT2D eigenvalue weighted by molar-refractivity contribution is -0.166. The summed E-state index contributed by atoms with van der Waals surface area (Å²) >= 11 is 0. The Morgan fingerprint density at radius 2 is 1.65 bits per heavy atom. The molecule has 0 aromatic carbocycles. The molecule has 2 N–H and O–H groups in total. The van der Waals surface area contributed by atoms with E-state index in [4.69, 9.17) is 4.74 Å². The SMILES string of the molecule is CCC(C)C(OC(=O)C(C)O)C(=O)NC(CC(C)C)C(=O)CC(=O)OC. The number of ether oxygens (including phenoxy) is 2. The van der Waals surface area contributed by atoms with Crippen molar-refractivity contribution >= 4 is 23.6 Å². The lowest BCUT2D eigenvalue weighted by Gasteiger charge is -2.26. The third-order valence-electron chi connectivity index (χ3n) is 3.96. The van der Waals surface area contributed by atoms with Crippen molar-refractivity contribution in [2.24, 2.45) is 11.8 Å². The number of methoxy groups -OCH3 is 1. The molecule has 0 spiro atoms. The lowest BCUT2D eigenvalue weighted by atomic mass is 9.96. The highest BCUT2D eigenvalue weighted by atomic mass is 16.6. The molecule has 1 amide bonds. The maximum atomic E-state index is 12.6. The molecule has 4 unspecified atom stereocenters. The fraction of sp³-hybridized carbons (Fsp3) is 0.778. The van der Waals surface area contributed by atoms with E-state index in [9.17, 15) is 24.3 Å². The molecule has 8 heteroatoms. The molecule has 0 saturated carbocycles. The smallest absolute Gasteiger partial charge is 0.335 e. The van der Waals surface area contributed by atoms with Crippen LogP contribution in [0.2, 0.25) is 0 Å². The minimum Gasteiger partial charge on any atom is -0.469 e. The number of aliphatic hydroxyl groups is 1. The van der Waals surface area contributed by atoms with E-state index in [2.05, 4.69) is 10.1 Å². The number of esters is 2. The average Bonchev–Trinajstić information content (AvgIpc) is 2.56. The molecule has 8 nitrogen and oxygen atoms in total. The fourth-order valence-electron chi connectivity index (χ4n) is 2.20. The Bertz CT molecular complexity index is 502. The van der Waals surface area contributed by atoms with Crippen LogP contribution >= 0.6 is 0 Å². The number of hydrogen-bond donors (Lipinski definition) is 2. The van der Waals surface area contributed by atoms with Crippen LogP contribution in [0.1, 0.15) is 53.9 Å². The zero-order valence-electron chi connectivity index (χ0n) is 16.4. The van der Waals surface area contributed by atoms with Crippen molar-refractivity contribution in [3.8, 4) is 0 Å². The van der Waals surface area contributed by atoms with Crippen LogP contribution in [-0.4, -0.2) is 54.1 Å². The number of aliphatic hydroxyl groups excluding tert-OH is 1. The Hall–Kier alpha value is -1.96. The van der Waals surface area contributed by atoms with Crippen LogP contribution in [-0.2, 0) is 28.7 Å². The third kappa shape index (κ3) is 8.42. The van der Waals surface area contributed by atoms with Gasteiger partial charge in [0.2, 0.25) is 0 Å². The Kier molecular flexibility index (Phi) is 10.7. The van der Waals surface area contributed by atoms with Gasteiger partial charge in [-0.2, -0.15) is 0 Å². The summed E-state index contributed by atoms with van der Waals surface area (Å²) in [5.74, 6) is -2.92. The number of carbonyl (C=O) groups excluding carboxylic acids is 4. The van der Waals surface area contributed by atoms with E-state index in [1.807, 2.05) is 20.8 Å². The zero-order valence-corrected chi connectivity index (χ0v) is 16.4. The quantitative estimate of drug-likeness (QED) is 0.409. The molecular weight excluding hydrogens is 342 g/mol. The normalized spacial score (nSPS) is 15.5. The predicted molar refractivity (Wildman–Crippen MR) is 94.0 cm³/mol. The van der Waals surface area contributed by atoms with Crippen LogP contribution in [0.25, 0.3) is 0 Å². The molecule has 0 fully saturated rings. The molecule has 0 bridgehead atoms. The number of carbonyl (C=O) groups is 4. The van der Waals surface area contributed by atoms with Gasteiger partial charge in [0.05, 0.1) is 13.2 Å². The molecule has 4 atom stereocenters. The van der Waals surface area contributed by atoms with Crippen molar-refractivity contribution in [3.63, 3.8) is 0 Å². The molecule has 0 heterocycles. The Morgan fingerprint density at radius 3 is 2.08 bits per heavy atom. The van der Waals surface area contributed by atoms with Crippen molar-refractivity contribution in [1.82, 2.24) is 5.32 Å². The van der Waals surface area contributed by atoms with Crippen LogP contribution in [0, 0.1) is 11.8 Å². The van der Waals surface area contributed by atoms with Crippen molar-refractivity contribution in [1.29, 1.82) is 0 Å². The molecule has 0 aliphatic carbocycles. The van der Waals surface area contributed by atoms with Gasteiger partial charge in [0.1, 0.15) is 12.5 Å². The minimum atomic E-state index is -1.36. The second-order valence-corrected chi connectivity index (χ2v) is 6.83. The van der Waals surface area contributed by atoms with Crippen LogP contribution in [0.4, 0.5) is 0 Å². The number of Topliss-reactive ketones (excluding diaryl/α,β-unsaturated/α-hetero) is 1. The first kappa shape index (κ1) is 24.0. The summed E-state index contributed by atoms with van der Waals surface area (Å²) in [4.78, 5) is 48.0. The summed E-state index contributed by atoms with van der Waals surface area (Å²) in [6, 6.07) is -0.890. The van der Waals surface area contributed by atoms with Crippen LogP contribution in [0.5, 0.6) is 0 Å². The van der Waals surface area contributed by atoms with Crippen molar-refractivity contribution < 1.29 is 33.8 Å². The molecule has 150 valence electrons. The summed E-state index contributed by atoms with van der Waals surface area (Å²) in [7, 11) is 1.18. The van der Waals surface area contributed by atoms with E-state index in [0.717, 1.165) is 0 Å². The number of hydrogen-bond acceptors (Lipinski definition) is 7. The first-order valence-corrected chi connectivity index (χ1v) is 8.81. The van der Waals surface area contributed by atoms with Gasteiger partial charge < -0.3 is 19.9 Å². The van der Waals surface area contributed by atoms with E-state index in [-0.39, 0.29) is 11.8 Å². The monoisotopic (exact) mass is 373 g/mol. The largest absolute Gasteiger partial charge is 0.469 e. The fourth-order valence-corrected chi connectivity index (χ4v) is 2.20. The summed E-state index contributed by atoms with van der Waals surface area (Å²) in [6.45, 7) is 8.56. The second kappa shape index (κ2) is 11.6. The lowest BCUT2D eigenvalue weighted by Crippen LogP contribution is -2.50. The average molecular weight is 373 g/mol. The Labute approximate surface area is 154 Å². The van der Waals surface area contributed by atoms with Gasteiger partial charge >= 0.3 is 11.9 Å². The number of rotatable bonds is 11. The van der Waals surface area contributed by atoms with E-state index in [1.54, 1.807) is 6.92 Å². The van der Waals surface area contributed by atoms with E-state index in [1.165, 1.54) is 14.0 Å². The molecular formula is C18H31NO7. The zero-order chi connectivity index (χ0) is 20.4. The number of ketones is 1. The van der Waals surface area contributed by atoms with Crippen molar-refractivity contribution in [2.45, 2.75) is 72.1 Å². The van der Waals surface area contributed by atoms with Crippen molar-refractivity contribution in [3.05, 3.63) is 0 Å². The van der Waals surface area contributed by atoms with Crippen molar-refractivity contribution in [2.75, 3.05) is 7.11 Å². The standard InChI is InChI=1S/C18H31NO7/c1-7-11(4)16(26-18(24)12(5)20)17(23)19-13(8-10(2)3)14(21)9-15(22)25-6/h10-13,16,20H,7-9H2,1-6H3,(H,19,23). The molecule has 0 radical (unpaired) electrons. The highest BCUT2D eigenvalue weighted by molar-refractivity contribution is 6.00.